The van der Waals surface area contributed by atoms with E-state index in [1.807, 2.05) is 45.2 Å². The third kappa shape index (κ3) is 7.93. The molecule has 26 heavy (non-hydrogen) atoms. The van der Waals surface area contributed by atoms with Crippen molar-refractivity contribution in [2.75, 3.05) is 6.54 Å². The Morgan fingerprint density at radius 3 is 2.42 bits per heavy atom. The van der Waals surface area contributed by atoms with Crippen LogP contribution >= 0.6 is 45.2 Å². The lowest BCUT2D eigenvalue weighted by Gasteiger charge is -2.21. The number of benzene rings is 1. The number of carbonyl (C=O) groups is 3. The van der Waals surface area contributed by atoms with E-state index in [-0.39, 0.29) is 13.7 Å². The van der Waals surface area contributed by atoms with Crippen LogP contribution in [-0.4, -0.2) is 40.3 Å². The minimum Gasteiger partial charge on any atom is -0.506 e. The molecule has 0 unspecified atom stereocenters. The number of amides is 2. The Kier molecular flexibility index (Phi) is 8.37. The summed E-state index contributed by atoms with van der Waals surface area (Å²) in [6.07, 6.45) is -1.17. The van der Waals surface area contributed by atoms with Crippen molar-refractivity contribution in [3.63, 3.8) is 0 Å². The minimum absolute atomic E-state index is 0. The molecule has 1 atom stereocenters. The monoisotopic (exact) mass is 592 g/mol. The van der Waals surface area contributed by atoms with Gasteiger partial charge in [0.1, 0.15) is 17.9 Å². The summed E-state index contributed by atoms with van der Waals surface area (Å²) in [5, 5.41) is 24.1. The lowest BCUT2D eigenvalue weighted by atomic mass is 10.0. The van der Waals surface area contributed by atoms with E-state index >= 15 is 0 Å². The van der Waals surface area contributed by atoms with Gasteiger partial charge < -0.3 is 25.6 Å². The number of carboxylic acids is 1. The van der Waals surface area contributed by atoms with Gasteiger partial charge in [-0.05, 0) is 78.1 Å². The molecular weight excluding hydrogens is 570 g/mol. The lowest BCUT2D eigenvalue weighted by molar-refractivity contribution is -0.137. The molecule has 10 heteroatoms. The number of hydrogen-bond donors (Lipinski definition) is 4. The van der Waals surface area contributed by atoms with Gasteiger partial charge >= 0.3 is 12.1 Å². The van der Waals surface area contributed by atoms with Crippen LogP contribution in [0.1, 0.15) is 40.2 Å². The first-order chi connectivity index (χ1) is 11.9. The summed E-state index contributed by atoms with van der Waals surface area (Å²) in [6, 6.07) is 2.39. The van der Waals surface area contributed by atoms with Crippen molar-refractivity contribution >= 4 is 63.2 Å². The topological polar surface area (TPSA) is 125 Å². The van der Waals surface area contributed by atoms with Crippen LogP contribution in [-0.2, 0) is 14.3 Å². The van der Waals surface area contributed by atoms with Gasteiger partial charge in [0.15, 0.2) is 0 Å². The average molecular weight is 592 g/mol. The van der Waals surface area contributed by atoms with Crippen molar-refractivity contribution in [1.29, 1.82) is 0 Å². The normalized spacial score (nSPS) is 12.2. The Bertz CT molecular complexity index is 709. The molecule has 1 aromatic carbocycles. The Labute approximate surface area is 179 Å². The van der Waals surface area contributed by atoms with Crippen molar-refractivity contribution in [3.8, 4) is 5.75 Å². The predicted octanol–water partition coefficient (Wildman–Crippen LogP) is 3.00. The van der Waals surface area contributed by atoms with Crippen LogP contribution in [0.25, 0.3) is 0 Å². The van der Waals surface area contributed by atoms with Gasteiger partial charge in [0.2, 0.25) is 5.91 Å². The first-order valence-electron chi connectivity index (χ1n) is 7.55. The smallest absolute Gasteiger partial charge is 0.408 e. The number of carboxylic acid groups (broad SMARTS) is 1. The predicted molar refractivity (Wildman–Crippen MR) is 113 cm³/mol. The van der Waals surface area contributed by atoms with E-state index in [4.69, 9.17) is 9.84 Å². The largest absolute Gasteiger partial charge is 0.506 e. The van der Waals surface area contributed by atoms with Crippen LogP contribution in [0.2, 0.25) is 0 Å². The van der Waals surface area contributed by atoms with Crippen molar-refractivity contribution in [3.05, 3.63) is 24.8 Å². The summed E-state index contributed by atoms with van der Waals surface area (Å²) >= 11 is 3.96. The molecule has 8 nitrogen and oxygen atoms in total. The fourth-order valence-corrected chi connectivity index (χ4v) is 3.87. The molecule has 1 aromatic rings. The minimum atomic E-state index is -1.14. The highest BCUT2D eigenvalue weighted by atomic mass is 127. The number of ether oxygens (including phenoxy) is 1. The third-order valence-electron chi connectivity index (χ3n) is 2.94. The Morgan fingerprint density at radius 2 is 1.88 bits per heavy atom. The van der Waals surface area contributed by atoms with Crippen LogP contribution in [0.4, 0.5) is 4.79 Å². The molecule has 0 bridgehead atoms. The lowest BCUT2D eigenvalue weighted by Crippen LogP contribution is -2.41. The van der Waals surface area contributed by atoms with Crippen LogP contribution in [0.3, 0.4) is 0 Å². The summed E-state index contributed by atoms with van der Waals surface area (Å²) in [4.78, 5) is 34.8. The van der Waals surface area contributed by atoms with Crippen LogP contribution in [0, 0.1) is 7.14 Å². The second-order valence-electron chi connectivity index (χ2n) is 6.40. The highest BCUT2D eigenvalue weighted by molar-refractivity contribution is 14.1. The number of hydrogen-bond acceptors (Lipinski definition) is 5. The van der Waals surface area contributed by atoms with Gasteiger partial charge in [-0.25, -0.2) is 4.79 Å². The Morgan fingerprint density at radius 1 is 1.27 bits per heavy atom. The van der Waals surface area contributed by atoms with Gasteiger partial charge in [-0.2, -0.15) is 0 Å². The summed E-state index contributed by atoms with van der Waals surface area (Å²) in [5.41, 5.74) is -0.399. The van der Waals surface area contributed by atoms with Crippen LogP contribution in [0.5, 0.6) is 5.75 Å². The number of aromatic hydroxyl groups is 1. The Hall–Kier alpha value is -1.31. The van der Waals surface area contributed by atoms with Gasteiger partial charge in [-0.3, -0.25) is 9.59 Å². The SMILES string of the molecule is CC(C)(C)OC(=O)NCC(=O)N[C@@H](CC(=O)O)c1cc(I)cc(I)c1O.[HH]. The number of nitrogens with one attached hydrogen (secondary N) is 2. The van der Waals surface area contributed by atoms with Crippen molar-refractivity contribution in [2.45, 2.75) is 38.8 Å². The fraction of sp³-hybridized carbons (Fsp3) is 0.438. The number of carbonyl (C=O) groups excluding carboxylic acids is 2. The molecule has 0 radical (unpaired) electrons. The van der Waals surface area contributed by atoms with Crippen LogP contribution in [0.15, 0.2) is 12.1 Å². The van der Waals surface area contributed by atoms with E-state index in [1.165, 1.54) is 0 Å². The zero-order chi connectivity index (χ0) is 20.1. The molecule has 0 heterocycles. The summed E-state index contributed by atoms with van der Waals surface area (Å²) in [5.74, 6) is -1.82. The maximum absolute atomic E-state index is 12.1. The summed E-state index contributed by atoms with van der Waals surface area (Å²) in [7, 11) is 0. The van der Waals surface area contributed by atoms with Gasteiger partial charge in [0, 0.05) is 10.6 Å². The highest BCUT2D eigenvalue weighted by Crippen LogP contribution is 2.32. The van der Waals surface area contributed by atoms with Gasteiger partial charge in [-0.1, -0.05) is 0 Å². The zero-order valence-electron chi connectivity index (χ0n) is 14.4. The Balaban J connectivity index is 0.00000676. The van der Waals surface area contributed by atoms with Crippen molar-refractivity contribution in [1.82, 2.24) is 10.6 Å². The van der Waals surface area contributed by atoms with E-state index in [0.29, 0.717) is 9.13 Å². The zero-order valence-corrected chi connectivity index (χ0v) is 18.7. The molecule has 146 valence electrons. The first kappa shape index (κ1) is 22.7. The molecule has 0 aliphatic rings. The van der Waals surface area contributed by atoms with Crippen LogP contribution < -0.4 is 10.6 Å². The maximum Gasteiger partial charge on any atom is 0.408 e. The third-order valence-corrected chi connectivity index (χ3v) is 4.38. The summed E-state index contributed by atoms with van der Waals surface area (Å²) < 4.78 is 6.36. The number of rotatable bonds is 6. The molecule has 0 saturated heterocycles. The molecule has 4 N–H and O–H groups in total. The number of aliphatic carboxylic acids is 1. The number of phenolic OH excluding ortho intramolecular Hbond substituents is 1. The number of phenols is 1. The van der Waals surface area contributed by atoms with E-state index in [0.717, 1.165) is 3.57 Å². The molecule has 1 rings (SSSR count). The fourth-order valence-electron chi connectivity index (χ4n) is 1.98. The van der Waals surface area contributed by atoms with E-state index in [2.05, 4.69) is 10.6 Å². The number of alkyl carbamates (subject to hydrolysis) is 1. The second-order valence-corrected chi connectivity index (χ2v) is 8.81. The summed E-state index contributed by atoms with van der Waals surface area (Å²) in [6.45, 7) is 4.69. The average Bonchev–Trinajstić information content (AvgIpc) is 2.46. The van der Waals surface area contributed by atoms with Crippen molar-refractivity contribution in [2.24, 2.45) is 0 Å². The maximum atomic E-state index is 12.1. The molecule has 2 amide bonds. The molecule has 0 spiro atoms. The molecular formula is C16H22I2N2O6. The second kappa shape index (κ2) is 9.58. The van der Waals surface area contributed by atoms with E-state index < -0.39 is 36.0 Å². The molecule has 0 fully saturated rings. The standard InChI is InChI=1S/C16H20I2N2O6.H2/c1-16(2,3)26-15(25)19-7-12(21)20-11(6-13(22)23)9-4-8(17)5-10(18)14(9)24;/h4-5,11,24H,6-7H2,1-3H3,(H,19,25)(H,20,21)(H,22,23);1H/t11-;/m0./s1. The molecule has 0 aliphatic heterocycles. The quantitative estimate of drug-likeness (QED) is 0.377. The van der Waals surface area contributed by atoms with Gasteiger partial charge in [-0.15, -0.1) is 0 Å². The number of halogens is 2. The van der Waals surface area contributed by atoms with Gasteiger partial charge in [0.05, 0.1) is 16.0 Å². The highest BCUT2D eigenvalue weighted by Gasteiger charge is 2.23. The van der Waals surface area contributed by atoms with Gasteiger partial charge in [0.25, 0.3) is 0 Å². The van der Waals surface area contributed by atoms with E-state index in [9.17, 15) is 19.5 Å². The molecule has 0 aliphatic carbocycles. The molecule has 0 saturated carbocycles. The van der Waals surface area contributed by atoms with Crippen molar-refractivity contribution < 1.29 is 30.8 Å². The molecule has 0 aromatic heterocycles. The first-order valence-corrected chi connectivity index (χ1v) is 9.70. The van der Waals surface area contributed by atoms with E-state index in [1.54, 1.807) is 32.9 Å².